The molecule has 0 saturated carbocycles. The van der Waals surface area contributed by atoms with E-state index in [1.165, 1.54) is 0 Å². The fraction of sp³-hybridized carbons (Fsp3) is 0.333. The summed E-state index contributed by atoms with van der Waals surface area (Å²) in [5.74, 6) is -0.0527. The Labute approximate surface area is 99.0 Å². The zero-order chi connectivity index (χ0) is 11.5. The van der Waals surface area contributed by atoms with E-state index in [-0.39, 0.29) is 24.7 Å². The number of halogens is 1. The summed E-state index contributed by atoms with van der Waals surface area (Å²) in [6.07, 6.45) is 0.801. The van der Waals surface area contributed by atoms with Crippen LogP contribution in [0.5, 0.6) is 0 Å². The number of nitrogens with zero attached hydrogens (tertiary/aromatic N) is 1. The Bertz CT molecular complexity index is 431. The van der Waals surface area contributed by atoms with Crippen LogP contribution in [0.15, 0.2) is 24.3 Å². The Morgan fingerprint density at radius 1 is 1.31 bits per heavy atom. The molecule has 0 unspecified atom stereocenters. The molecule has 0 aliphatic carbocycles. The highest BCUT2D eigenvalue weighted by Gasteiger charge is 2.26. The topological polar surface area (TPSA) is 37.4 Å². The van der Waals surface area contributed by atoms with Crippen LogP contribution in [0.4, 0.5) is 0 Å². The van der Waals surface area contributed by atoms with Gasteiger partial charge < -0.3 is 4.90 Å². The number of rotatable bonds is 3. The number of likely N-dealkylation sites (tertiary alicyclic amines) is 1. The van der Waals surface area contributed by atoms with E-state index >= 15 is 0 Å². The van der Waals surface area contributed by atoms with Crippen LogP contribution in [0, 0.1) is 0 Å². The van der Waals surface area contributed by atoms with Crippen molar-refractivity contribution in [2.75, 3.05) is 13.1 Å². The first kappa shape index (κ1) is 11.1. The molecule has 1 heterocycles. The van der Waals surface area contributed by atoms with Crippen LogP contribution < -0.4 is 0 Å². The van der Waals surface area contributed by atoms with E-state index in [9.17, 15) is 9.59 Å². The standard InChI is InChI=1S/C12H12ClNO2/c13-10-3-1-2-9(6-10)4-5-14-8-11(15)7-12(14)16/h1-3,6H,4-5,7-8H2. The molecule has 3 nitrogen and oxygen atoms in total. The molecule has 1 aliphatic rings. The molecule has 0 bridgehead atoms. The molecule has 1 aromatic rings. The molecule has 1 aliphatic heterocycles. The van der Waals surface area contributed by atoms with Crippen molar-refractivity contribution in [1.82, 2.24) is 4.90 Å². The first-order valence-electron chi connectivity index (χ1n) is 5.19. The van der Waals surface area contributed by atoms with E-state index in [2.05, 4.69) is 0 Å². The quantitative estimate of drug-likeness (QED) is 0.751. The van der Waals surface area contributed by atoms with Gasteiger partial charge in [0.25, 0.3) is 0 Å². The summed E-state index contributed by atoms with van der Waals surface area (Å²) in [7, 11) is 0. The average molecular weight is 238 g/mol. The number of benzene rings is 1. The number of Topliss-reactive ketones (excluding diaryl/α,β-unsaturated/α-hetero) is 1. The van der Waals surface area contributed by atoms with Crippen molar-refractivity contribution < 1.29 is 9.59 Å². The van der Waals surface area contributed by atoms with Gasteiger partial charge in [-0.15, -0.1) is 0 Å². The van der Waals surface area contributed by atoms with Gasteiger partial charge in [0.1, 0.15) is 0 Å². The number of carbonyl (C=O) groups excluding carboxylic acids is 2. The molecule has 1 saturated heterocycles. The zero-order valence-corrected chi connectivity index (χ0v) is 9.54. The molecular formula is C12H12ClNO2. The third-order valence-electron chi connectivity index (χ3n) is 2.63. The minimum absolute atomic E-state index is 0.0103. The minimum atomic E-state index is -0.0629. The van der Waals surface area contributed by atoms with Crippen molar-refractivity contribution in [3.63, 3.8) is 0 Å². The maximum absolute atomic E-state index is 11.4. The fourth-order valence-electron chi connectivity index (χ4n) is 1.80. The van der Waals surface area contributed by atoms with Crippen LogP contribution in [-0.2, 0) is 16.0 Å². The van der Waals surface area contributed by atoms with Crippen LogP contribution in [0.2, 0.25) is 5.02 Å². The summed E-state index contributed by atoms with van der Waals surface area (Å²) < 4.78 is 0. The summed E-state index contributed by atoms with van der Waals surface area (Å²) in [5, 5.41) is 0.696. The Morgan fingerprint density at radius 3 is 2.75 bits per heavy atom. The molecule has 16 heavy (non-hydrogen) atoms. The lowest BCUT2D eigenvalue weighted by atomic mass is 10.1. The van der Waals surface area contributed by atoms with E-state index in [1.807, 2.05) is 24.3 Å². The molecule has 0 radical (unpaired) electrons. The molecule has 0 spiro atoms. The van der Waals surface area contributed by atoms with Gasteiger partial charge in [0, 0.05) is 11.6 Å². The van der Waals surface area contributed by atoms with E-state index in [0.717, 1.165) is 12.0 Å². The normalized spacial score (nSPS) is 15.9. The third kappa shape index (κ3) is 2.61. The van der Waals surface area contributed by atoms with Crippen LogP contribution in [0.25, 0.3) is 0 Å². The first-order valence-corrected chi connectivity index (χ1v) is 5.57. The lowest BCUT2D eigenvalue weighted by Crippen LogP contribution is -2.27. The molecule has 1 aromatic carbocycles. The molecule has 1 amide bonds. The molecule has 84 valence electrons. The Morgan fingerprint density at radius 2 is 2.12 bits per heavy atom. The van der Waals surface area contributed by atoms with Crippen molar-refractivity contribution in [1.29, 1.82) is 0 Å². The monoisotopic (exact) mass is 237 g/mol. The van der Waals surface area contributed by atoms with Crippen LogP contribution in [0.1, 0.15) is 12.0 Å². The summed E-state index contributed by atoms with van der Waals surface area (Å²) >= 11 is 5.86. The molecule has 0 aromatic heterocycles. The van der Waals surface area contributed by atoms with Gasteiger partial charge in [0.15, 0.2) is 5.78 Å². The SMILES string of the molecule is O=C1CC(=O)N(CCc2cccc(Cl)c2)C1. The van der Waals surface area contributed by atoms with E-state index in [1.54, 1.807) is 4.90 Å². The largest absolute Gasteiger partial charge is 0.335 e. The number of ketones is 1. The van der Waals surface area contributed by atoms with Crippen LogP contribution in [0.3, 0.4) is 0 Å². The van der Waals surface area contributed by atoms with Gasteiger partial charge in [-0.25, -0.2) is 0 Å². The van der Waals surface area contributed by atoms with Gasteiger partial charge in [0.05, 0.1) is 13.0 Å². The van der Waals surface area contributed by atoms with E-state index in [4.69, 9.17) is 11.6 Å². The summed E-state index contributed by atoms with van der Waals surface area (Å²) in [6.45, 7) is 0.852. The Balaban J connectivity index is 1.93. The van der Waals surface area contributed by atoms with Gasteiger partial charge in [0.2, 0.25) is 5.91 Å². The second kappa shape index (κ2) is 4.66. The van der Waals surface area contributed by atoms with Crippen molar-refractivity contribution >= 4 is 23.3 Å². The third-order valence-corrected chi connectivity index (χ3v) is 2.86. The van der Waals surface area contributed by atoms with Gasteiger partial charge in [-0.3, -0.25) is 9.59 Å². The van der Waals surface area contributed by atoms with Crippen molar-refractivity contribution in [2.45, 2.75) is 12.8 Å². The smallest absolute Gasteiger partial charge is 0.230 e. The van der Waals surface area contributed by atoms with E-state index < -0.39 is 0 Å². The second-order valence-electron chi connectivity index (χ2n) is 3.91. The zero-order valence-electron chi connectivity index (χ0n) is 8.78. The highest BCUT2D eigenvalue weighted by atomic mass is 35.5. The predicted octanol–water partition coefficient (Wildman–Crippen LogP) is 1.68. The number of hydrogen-bond donors (Lipinski definition) is 0. The number of carbonyl (C=O) groups is 2. The molecule has 4 heteroatoms. The molecule has 2 rings (SSSR count). The first-order chi connectivity index (χ1) is 7.65. The van der Waals surface area contributed by atoms with Crippen LogP contribution >= 0.6 is 11.6 Å². The molecular weight excluding hydrogens is 226 g/mol. The van der Waals surface area contributed by atoms with Crippen molar-refractivity contribution in [3.8, 4) is 0 Å². The van der Waals surface area contributed by atoms with Crippen molar-refractivity contribution in [3.05, 3.63) is 34.9 Å². The highest BCUT2D eigenvalue weighted by molar-refractivity contribution is 6.30. The van der Waals surface area contributed by atoms with Gasteiger partial charge >= 0.3 is 0 Å². The lowest BCUT2D eigenvalue weighted by Gasteiger charge is -2.14. The minimum Gasteiger partial charge on any atom is -0.335 e. The Hall–Kier alpha value is -1.35. The fourth-order valence-corrected chi connectivity index (χ4v) is 2.01. The number of hydrogen-bond acceptors (Lipinski definition) is 2. The van der Waals surface area contributed by atoms with Gasteiger partial charge in [-0.2, -0.15) is 0 Å². The van der Waals surface area contributed by atoms with E-state index in [0.29, 0.717) is 11.6 Å². The molecule has 0 atom stereocenters. The molecule has 0 N–H and O–H groups in total. The lowest BCUT2D eigenvalue weighted by molar-refractivity contribution is -0.127. The maximum Gasteiger partial charge on any atom is 0.230 e. The highest BCUT2D eigenvalue weighted by Crippen LogP contribution is 2.13. The number of amides is 1. The summed E-state index contributed by atoms with van der Waals surface area (Å²) in [5.41, 5.74) is 1.08. The van der Waals surface area contributed by atoms with Crippen molar-refractivity contribution in [2.24, 2.45) is 0 Å². The Kier molecular flexibility index (Phi) is 3.25. The summed E-state index contributed by atoms with van der Waals surface area (Å²) in [4.78, 5) is 24.0. The summed E-state index contributed by atoms with van der Waals surface area (Å²) in [6, 6.07) is 7.54. The predicted molar refractivity (Wildman–Crippen MR) is 61.4 cm³/mol. The molecule has 1 fully saturated rings. The van der Waals surface area contributed by atoms with Gasteiger partial charge in [-0.1, -0.05) is 23.7 Å². The average Bonchev–Trinajstić information content (AvgIpc) is 2.54. The second-order valence-corrected chi connectivity index (χ2v) is 4.35. The van der Waals surface area contributed by atoms with Crippen LogP contribution in [-0.4, -0.2) is 29.7 Å². The maximum atomic E-state index is 11.4. The van der Waals surface area contributed by atoms with Gasteiger partial charge in [-0.05, 0) is 24.1 Å².